The molecule has 0 unspecified atom stereocenters. The number of aromatic hydroxyl groups is 2. The van der Waals surface area contributed by atoms with Gasteiger partial charge in [0.1, 0.15) is 11.5 Å². The average molecular weight is 710 g/mol. The van der Waals surface area contributed by atoms with E-state index < -0.39 is 0 Å². The molecule has 4 aliphatic rings. The van der Waals surface area contributed by atoms with Crippen molar-refractivity contribution >= 4 is 63.3 Å². The number of fused-ring (bicyclic) bond motifs is 10. The molecule has 0 spiro atoms. The van der Waals surface area contributed by atoms with Gasteiger partial charge in [0.05, 0.1) is 0 Å². The van der Waals surface area contributed by atoms with E-state index in [0.29, 0.717) is 0 Å². The first-order valence-electron chi connectivity index (χ1n) is 19.5. The fraction of sp³-hybridized carbons (Fsp3) is 0.160. The molecule has 7 aromatic carbocycles. The lowest BCUT2D eigenvalue weighted by Crippen LogP contribution is -2.63. The van der Waals surface area contributed by atoms with Crippen molar-refractivity contribution in [2.75, 3.05) is 4.90 Å². The summed E-state index contributed by atoms with van der Waals surface area (Å²) in [5.41, 5.74) is 24.2. The topological polar surface area (TPSA) is 43.7 Å². The van der Waals surface area contributed by atoms with Crippen molar-refractivity contribution in [2.24, 2.45) is 0 Å². The first-order valence-corrected chi connectivity index (χ1v) is 19.5. The Morgan fingerprint density at radius 1 is 0.418 bits per heavy atom. The van der Waals surface area contributed by atoms with E-state index in [0.717, 1.165) is 16.7 Å². The van der Waals surface area contributed by atoms with Crippen molar-refractivity contribution in [1.29, 1.82) is 0 Å². The molecule has 11 rings (SSSR count). The van der Waals surface area contributed by atoms with Crippen LogP contribution in [0.1, 0.15) is 52.7 Å². The van der Waals surface area contributed by atoms with E-state index in [1.54, 1.807) is 24.3 Å². The van der Waals surface area contributed by atoms with Crippen LogP contribution in [0.4, 0.5) is 17.1 Å². The highest BCUT2D eigenvalue weighted by atomic mass is 16.3. The van der Waals surface area contributed by atoms with Crippen LogP contribution in [0.25, 0.3) is 44.5 Å². The maximum atomic E-state index is 10.3. The molecule has 0 fully saturated rings. The standard InChI is InChI=1S/C50H41B2NO2/c1-49(2,3)32-14-20-40-37(26-32)36-8-7-9-44-46(36)51(40)42-23-31(29-12-18-35(55)19-13-29)24-43-48(42)53(44)45-25-30(28-10-16-34(54)17-11-28)22-39-38-27-33(50(4,5)6)15-21-41(38)52(43)47(39)45/h7-27,54-55H,1-6H3. The fourth-order valence-electron chi connectivity index (χ4n) is 10.00. The zero-order valence-corrected chi connectivity index (χ0v) is 32.1. The van der Waals surface area contributed by atoms with Gasteiger partial charge < -0.3 is 15.1 Å². The molecule has 3 nitrogen and oxygen atoms in total. The van der Waals surface area contributed by atoms with Crippen molar-refractivity contribution in [3.63, 3.8) is 0 Å². The van der Waals surface area contributed by atoms with Gasteiger partial charge in [-0.2, -0.15) is 0 Å². The van der Waals surface area contributed by atoms with E-state index in [1.807, 2.05) is 24.3 Å². The predicted octanol–water partition coefficient (Wildman–Crippen LogP) is 8.12. The van der Waals surface area contributed by atoms with Crippen LogP contribution >= 0.6 is 0 Å². The Hall–Kier alpha value is -5.93. The van der Waals surface area contributed by atoms with Crippen LogP contribution in [0.2, 0.25) is 0 Å². The smallest absolute Gasteiger partial charge is 0.248 e. The van der Waals surface area contributed by atoms with E-state index in [-0.39, 0.29) is 35.8 Å². The average Bonchev–Trinajstić information content (AvgIpc) is 3.68. The molecular weight excluding hydrogens is 668 g/mol. The van der Waals surface area contributed by atoms with Crippen LogP contribution in [0.5, 0.6) is 11.5 Å². The van der Waals surface area contributed by atoms with Crippen LogP contribution < -0.4 is 37.7 Å². The highest BCUT2D eigenvalue weighted by Gasteiger charge is 2.50. The normalized spacial score (nSPS) is 14.0. The summed E-state index contributed by atoms with van der Waals surface area (Å²) in [5, 5.41) is 20.6. The van der Waals surface area contributed by atoms with E-state index >= 15 is 0 Å². The zero-order valence-electron chi connectivity index (χ0n) is 32.1. The zero-order chi connectivity index (χ0) is 37.7. The second-order valence-electron chi connectivity index (χ2n) is 18.1. The second kappa shape index (κ2) is 10.9. The lowest BCUT2D eigenvalue weighted by Gasteiger charge is -2.43. The molecule has 55 heavy (non-hydrogen) atoms. The molecule has 0 radical (unpaired) electrons. The van der Waals surface area contributed by atoms with Gasteiger partial charge in [-0.05, 0) is 131 Å². The molecule has 4 heterocycles. The number of phenols is 2. The molecule has 0 saturated heterocycles. The minimum atomic E-state index is -0.00324. The van der Waals surface area contributed by atoms with Crippen molar-refractivity contribution in [3.05, 3.63) is 139 Å². The Kier molecular flexibility index (Phi) is 6.41. The molecule has 7 aromatic rings. The third kappa shape index (κ3) is 4.53. The van der Waals surface area contributed by atoms with Gasteiger partial charge in [0.25, 0.3) is 0 Å². The number of hydrogen-bond donors (Lipinski definition) is 2. The van der Waals surface area contributed by atoms with Gasteiger partial charge in [-0.3, -0.25) is 0 Å². The second-order valence-corrected chi connectivity index (χ2v) is 18.1. The van der Waals surface area contributed by atoms with E-state index in [9.17, 15) is 10.2 Å². The van der Waals surface area contributed by atoms with Gasteiger partial charge in [-0.25, -0.2) is 0 Å². The maximum Gasteiger partial charge on any atom is 0.248 e. The van der Waals surface area contributed by atoms with Gasteiger partial charge in [0.15, 0.2) is 0 Å². The van der Waals surface area contributed by atoms with E-state index in [1.165, 1.54) is 88.8 Å². The first-order chi connectivity index (χ1) is 26.3. The number of rotatable bonds is 2. The predicted molar refractivity (Wildman–Crippen MR) is 233 cm³/mol. The number of nitrogens with zero attached hydrogens (tertiary/aromatic N) is 1. The van der Waals surface area contributed by atoms with Crippen LogP contribution in [0.3, 0.4) is 0 Å². The van der Waals surface area contributed by atoms with Crippen LogP contribution in [0, 0.1) is 0 Å². The first kappa shape index (κ1) is 32.5. The third-order valence-corrected chi connectivity index (χ3v) is 12.8. The minimum absolute atomic E-state index is 0.00324. The Morgan fingerprint density at radius 3 is 1.44 bits per heavy atom. The summed E-state index contributed by atoms with van der Waals surface area (Å²) in [5.74, 6) is 0.542. The van der Waals surface area contributed by atoms with Crippen molar-refractivity contribution in [3.8, 4) is 56.0 Å². The van der Waals surface area contributed by atoms with Gasteiger partial charge in [-0.15, -0.1) is 0 Å². The Bertz CT molecular complexity index is 2790. The summed E-state index contributed by atoms with van der Waals surface area (Å²) in [7, 11) is 0. The molecule has 0 atom stereocenters. The Labute approximate surface area is 324 Å². The van der Waals surface area contributed by atoms with Crippen molar-refractivity contribution in [1.82, 2.24) is 0 Å². The number of benzene rings is 7. The summed E-state index contributed by atoms with van der Waals surface area (Å²) in [6, 6.07) is 46.3. The molecule has 264 valence electrons. The van der Waals surface area contributed by atoms with Crippen LogP contribution in [-0.2, 0) is 10.8 Å². The molecule has 0 aliphatic carbocycles. The monoisotopic (exact) mass is 709 g/mol. The Balaban J connectivity index is 1.27. The van der Waals surface area contributed by atoms with Crippen LogP contribution in [-0.4, -0.2) is 23.6 Å². The lowest BCUT2D eigenvalue weighted by atomic mass is 9.32. The van der Waals surface area contributed by atoms with Gasteiger partial charge in [0.2, 0.25) is 13.4 Å². The molecule has 0 amide bonds. The van der Waals surface area contributed by atoms with Crippen LogP contribution in [0.15, 0.2) is 127 Å². The molecule has 0 bridgehead atoms. The molecule has 4 aliphatic heterocycles. The largest absolute Gasteiger partial charge is 0.508 e. The summed E-state index contributed by atoms with van der Waals surface area (Å²) in [6.45, 7) is 13.9. The SMILES string of the molecule is CC(C)(C)c1ccc2c(c1)-c1cccc3c1B2c1cc(-c2ccc(O)cc2)cc2c1N3c1cc(-c3ccc(O)cc3)cc3c1B2c1ccc(C(C)(C)C)cc1-3. The van der Waals surface area contributed by atoms with Gasteiger partial charge in [-0.1, -0.05) is 137 Å². The third-order valence-electron chi connectivity index (χ3n) is 12.8. The number of anilines is 3. The molecule has 0 saturated carbocycles. The van der Waals surface area contributed by atoms with E-state index in [4.69, 9.17) is 0 Å². The van der Waals surface area contributed by atoms with Gasteiger partial charge >= 0.3 is 0 Å². The van der Waals surface area contributed by atoms with Gasteiger partial charge in [0, 0.05) is 17.1 Å². The highest BCUT2D eigenvalue weighted by molar-refractivity contribution is 7.05. The van der Waals surface area contributed by atoms with Crippen molar-refractivity contribution < 1.29 is 10.2 Å². The fourth-order valence-corrected chi connectivity index (χ4v) is 10.00. The maximum absolute atomic E-state index is 10.3. The minimum Gasteiger partial charge on any atom is -0.508 e. The summed E-state index contributed by atoms with van der Waals surface area (Å²) in [4.78, 5) is 2.59. The molecule has 0 aromatic heterocycles. The summed E-state index contributed by atoms with van der Waals surface area (Å²) < 4.78 is 0. The quantitative estimate of drug-likeness (QED) is 0.178. The molecule has 2 N–H and O–H groups in total. The van der Waals surface area contributed by atoms with Crippen molar-refractivity contribution in [2.45, 2.75) is 52.4 Å². The highest BCUT2D eigenvalue weighted by Crippen LogP contribution is 2.47. The Morgan fingerprint density at radius 2 is 0.909 bits per heavy atom. The molecule has 5 heteroatoms. The van der Waals surface area contributed by atoms with E-state index in [2.05, 4.69) is 125 Å². The number of phenolic OH excluding ortho intramolecular Hbond substituents is 2. The molecular formula is C50H41B2NO2. The summed E-state index contributed by atoms with van der Waals surface area (Å²) >= 11 is 0. The lowest BCUT2D eigenvalue weighted by molar-refractivity contribution is 0.475. The number of hydrogen-bond acceptors (Lipinski definition) is 3. The summed E-state index contributed by atoms with van der Waals surface area (Å²) in [6.07, 6.45) is 0.